The van der Waals surface area contributed by atoms with E-state index < -0.39 is 21.3 Å². The highest BCUT2D eigenvalue weighted by molar-refractivity contribution is 7.90. The minimum atomic E-state index is -3.69. The summed E-state index contributed by atoms with van der Waals surface area (Å²) in [5.74, 6) is 0. The number of anilines is 1. The van der Waals surface area contributed by atoms with Gasteiger partial charge in [0.1, 0.15) is 0 Å². The standard InChI is InChI=1S/C23H33N3O3S/c1-2-26-17-8-5-9-18(26)14-19(13-17)30(28,29)25-23(27)24-22-20-10-3-6-15(20)12-16-7-4-11-21(16)22/h12,17-19H,2-11,13-14H2,1H3,(H2,24,25,27)/t17-,18+,19+. The molecule has 2 N–H and O–H groups in total. The number of benzene rings is 1. The molecule has 2 heterocycles. The molecule has 1 aromatic carbocycles. The zero-order valence-corrected chi connectivity index (χ0v) is 18.7. The largest absolute Gasteiger partial charge is 0.332 e. The van der Waals surface area contributed by atoms with Gasteiger partial charge in [-0.3, -0.25) is 4.90 Å². The molecule has 7 heteroatoms. The number of nitrogens with one attached hydrogen (secondary N) is 2. The van der Waals surface area contributed by atoms with E-state index in [1.807, 2.05) is 0 Å². The van der Waals surface area contributed by atoms with Crippen molar-refractivity contribution in [2.24, 2.45) is 0 Å². The molecule has 6 nitrogen and oxygen atoms in total. The van der Waals surface area contributed by atoms with E-state index in [9.17, 15) is 13.2 Å². The van der Waals surface area contributed by atoms with Gasteiger partial charge >= 0.3 is 6.03 Å². The van der Waals surface area contributed by atoms with Gasteiger partial charge in [0.15, 0.2) is 0 Å². The number of carbonyl (C=O) groups is 1. The van der Waals surface area contributed by atoms with Gasteiger partial charge < -0.3 is 5.32 Å². The first-order chi connectivity index (χ1) is 14.5. The van der Waals surface area contributed by atoms with Crippen LogP contribution in [0.25, 0.3) is 0 Å². The molecule has 164 valence electrons. The molecule has 4 aliphatic rings. The number of piperidine rings is 2. The van der Waals surface area contributed by atoms with E-state index in [1.54, 1.807) is 0 Å². The van der Waals surface area contributed by atoms with Crippen molar-refractivity contribution in [2.75, 3.05) is 11.9 Å². The van der Waals surface area contributed by atoms with Gasteiger partial charge in [-0.1, -0.05) is 19.4 Å². The molecule has 1 aromatic rings. The molecule has 2 saturated heterocycles. The summed E-state index contributed by atoms with van der Waals surface area (Å²) in [5.41, 5.74) is 5.98. The quantitative estimate of drug-likeness (QED) is 0.765. The Balaban J connectivity index is 1.32. The highest BCUT2D eigenvalue weighted by atomic mass is 32.2. The monoisotopic (exact) mass is 431 g/mol. The van der Waals surface area contributed by atoms with Crippen LogP contribution in [0, 0.1) is 0 Å². The maximum absolute atomic E-state index is 13.1. The number of rotatable bonds is 4. The summed E-state index contributed by atoms with van der Waals surface area (Å²) in [6.45, 7) is 3.13. The Morgan fingerprint density at radius 1 is 1.00 bits per heavy atom. The van der Waals surface area contributed by atoms with E-state index in [0.29, 0.717) is 24.9 Å². The third-order valence-electron chi connectivity index (χ3n) is 7.83. The van der Waals surface area contributed by atoms with Crippen molar-refractivity contribution < 1.29 is 13.2 Å². The minimum absolute atomic E-state index is 0.327. The van der Waals surface area contributed by atoms with Crippen LogP contribution in [0.15, 0.2) is 6.07 Å². The molecule has 2 bridgehead atoms. The van der Waals surface area contributed by atoms with Gasteiger partial charge in [0, 0.05) is 17.8 Å². The first kappa shape index (κ1) is 20.3. The predicted molar refractivity (Wildman–Crippen MR) is 118 cm³/mol. The van der Waals surface area contributed by atoms with E-state index in [0.717, 1.165) is 63.6 Å². The Kier molecular flexibility index (Phi) is 5.30. The lowest BCUT2D eigenvalue weighted by Crippen LogP contribution is -2.56. The maximum Gasteiger partial charge on any atom is 0.332 e. The maximum atomic E-state index is 13.1. The fourth-order valence-electron chi connectivity index (χ4n) is 6.52. The molecule has 3 atom stereocenters. The van der Waals surface area contributed by atoms with E-state index in [2.05, 4.69) is 27.9 Å². The highest BCUT2D eigenvalue weighted by Crippen LogP contribution is 2.39. The Labute approximate surface area is 179 Å². The number of amides is 2. The number of aryl methyl sites for hydroxylation is 2. The molecule has 2 fully saturated rings. The van der Waals surface area contributed by atoms with Gasteiger partial charge in [-0.05, 0) is 93.0 Å². The van der Waals surface area contributed by atoms with Gasteiger partial charge in [0.05, 0.1) is 5.25 Å². The molecule has 0 radical (unpaired) electrons. The normalized spacial score (nSPS) is 28.1. The Morgan fingerprint density at radius 3 is 2.17 bits per heavy atom. The number of hydrogen-bond donors (Lipinski definition) is 2. The molecule has 2 aliphatic heterocycles. The minimum Gasteiger partial charge on any atom is -0.307 e. The van der Waals surface area contributed by atoms with Crippen LogP contribution < -0.4 is 10.0 Å². The summed E-state index contributed by atoms with van der Waals surface area (Å²) in [7, 11) is -3.69. The van der Waals surface area contributed by atoms with Crippen LogP contribution >= 0.6 is 0 Å². The first-order valence-corrected chi connectivity index (χ1v) is 13.3. The fraction of sp³-hybridized carbons (Fsp3) is 0.696. The predicted octanol–water partition coefficient (Wildman–Crippen LogP) is 3.52. The fourth-order valence-corrected chi connectivity index (χ4v) is 7.94. The van der Waals surface area contributed by atoms with Crippen LogP contribution in [0.5, 0.6) is 0 Å². The summed E-state index contributed by atoms with van der Waals surface area (Å²) in [6.07, 6.45) is 10.8. The van der Waals surface area contributed by atoms with Crippen molar-refractivity contribution in [3.05, 3.63) is 28.3 Å². The number of nitrogens with zero attached hydrogens (tertiary/aromatic N) is 1. The Hall–Kier alpha value is -1.60. The van der Waals surface area contributed by atoms with E-state index in [1.165, 1.54) is 28.7 Å². The van der Waals surface area contributed by atoms with Crippen LogP contribution in [0.4, 0.5) is 10.5 Å². The topological polar surface area (TPSA) is 78.5 Å². The molecule has 2 amide bonds. The van der Waals surface area contributed by atoms with E-state index in [4.69, 9.17) is 0 Å². The van der Waals surface area contributed by atoms with Gasteiger partial charge in [0.25, 0.3) is 0 Å². The number of hydrogen-bond acceptors (Lipinski definition) is 4. The van der Waals surface area contributed by atoms with E-state index in [-0.39, 0.29) is 0 Å². The van der Waals surface area contributed by atoms with Crippen molar-refractivity contribution >= 4 is 21.7 Å². The van der Waals surface area contributed by atoms with Crippen LogP contribution in [0.3, 0.4) is 0 Å². The third kappa shape index (κ3) is 3.54. The van der Waals surface area contributed by atoms with Crippen molar-refractivity contribution in [1.29, 1.82) is 0 Å². The van der Waals surface area contributed by atoms with Gasteiger partial charge in [-0.2, -0.15) is 0 Å². The molecular formula is C23H33N3O3S. The summed E-state index contributed by atoms with van der Waals surface area (Å²) < 4.78 is 28.6. The smallest absolute Gasteiger partial charge is 0.307 e. The number of carbonyl (C=O) groups excluding carboxylic acids is 1. The van der Waals surface area contributed by atoms with Crippen LogP contribution in [0.2, 0.25) is 0 Å². The van der Waals surface area contributed by atoms with Gasteiger partial charge in [0.2, 0.25) is 10.0 Å². The lowest BCUT2D eigenvalue weighted by Gasteiger charge is -2.48. The first-order valence-electron chi connectivity index (χ1n) is 11.7. The Bertz CT molecular complexity index is 913. The zero-order valence-electron chi connectivity index (χ0n) is 17.9. The van der Waals surface area contributed by atoms with E-state index >= 15 is 0 Å². The summed E-state index contributed by atoms with van der Waals surface area (Å²) in [5, 5.41) is 2.49. The SMILES string of the molecule is CCN1[C@@H]2CCC[C@H]1C[C@@H](S(=O)(=O)NC(=O)Nc1c3c(cc4c1CCC4)CCC3)C2. The third-order valence-corrected chi connectivity index (χ3v) is 9.57. The molecule has 30 heavy (non-hydrogen) atoms. The van der Waals surface area contributed by atoms with Gasteiger partial charge in [-0.15, -0.1) is 0 Å². The summed E-state index contributed by atoms with van der Waals surface area (Å²) in [6, 6.07) is 2.37. The molecule has 0 spiro atoms. The molecule has 0 aromatic heterocycles. The van der Waals surface area contributed by atoms with Crippen molar-refractivity contribution in [3.63, 3.8) is 0 Å². The molecule has 0 unspecified atom stereocenters. The molecule has 0 saturated carbocycles. The molecular weight excluding hydrogens is 398 g/mol. The summed E-state index contributed by atoms with van der Waals surface area (Å²) >= 11 is 0. The van der Waals surface area contributed by atoms with Crippen molar-refractivity contribution in [2.45, 2.75) is 94.9 Å². The number of sulfonamides is 1. The second-order valence-electron chi connectivity index (χ2n) is 9.50. The lowest BCUT2D eigenvalue weighted by atomic mass is 9.84. The van der Waals surface area contributed by atoms with Crippen molar-refractivity contribution in [3.8, 4) is 0 Å². The molecule has 5 rings (SSSR count). The van der Waals surface area contributed by atoms with Crippen LogP contribution in [-0.2, 0) is 35.7 Å². The average molecular weight is 432 g/mol. The number of fused-ring (bicyclic) bond motifs is 4. The Morgan fingerprint density at radius 2 is 1.60 bits per heavy atom. The second-order valence-corrected chi connectivity index (χ2v) is 11.5. The van der Waals surface area contributed by atoms with Crippen LogP contribution in [-0.4, -0.2) is 43.2 Å². The van der Waals surface area contributed by atoms with Gasteiger partial charge in [-0.25, -0.2) is 17.9 Å². The lowest BCUT2D eigenvalue weighted by molar-refractivity contribution is 0.0475. The van der Waals surface area contributed by atoms with Crippen LogP contribution in [0.1, 0.15) is 74.1 Å². The highest BCUT2D eigenvalue weighted by Gasteiger charge is 2.42. The van der Waals surface area contributed by atoms with Crippen molar-refractivity contribution in [1.82, 2.24) is 9.62 Å². The average Bonchev–Trinajstić information content (AvgIpc) is 3.35. The summed E-state index contributed by atoms with van der Waals surface area (Å²) in [4.78, 5) is 15.3. The molecule has 2 aliphatic carbocycles. The zero-order chi connectivity index (χ0) is 20.9. The number of urea groups is 1. The second kappa shape index (κ2) is 7.83.